The summed E-state index contributed by atoms with van der Waals surface area (Å²) in [5, 5.41) is 12.0. The van der Waals surface area contributed by atoms with Gasteiger partial charge < -0.3 is 10.1 Å². The molecule has 23 heavy (non-hydrogen) atoms. The van der Waals surface area contributed by atoms with Crippen molar-refractivity contribution < 1.29 is 4.74 Å². The number of pyridine rings is 1. The van der Waals surface area contributed by atoms with Crippen molar-refractivity contribution >= 4 is 11.6 Å². The molecule has 0 unspecified atom stereocenters. The third-order valence-electron chi connectivity index (χ3n) is 3.02. The first-order valence-electron chi connectivity index (χ1n) is 6.75. The number of anilines is 2. The predicted molar refractivity (Wildman–Crippen MR) is 84.0 cm³/mol. The fourth-order valence-electron chi connectivity index (χ4n) is 1.95. The zero-order chi connectivity index (χ0) is 16.1. The molecule has 0 saturated heterocycles. The number of nitriles is 1. The minimum absolute atomic E-state index is 0.394. The lowest BCUT2D eigenvalue weighted by atomic mass is 10.1. The number of hydrogen-bond donors (Lipinski definition) is 1. The summed E-state index contributed by atoms with van der Waals surface area (Å²) >= 11 is 0. The Morgan fingerprint density at radius 3 is 2.87 bits per heavy atom. The molecule has 3 aromatic rings. The average Bonchev–Trinajstić information content (AvgIpc) is 2.62. The number of rotatable bonds is 4. The zero-order valence-corrected chi connectivity index (χ0v) is 12.3. The molecule has 7 nitrogen and oxygen atoms in total. The van der Waals surface area contributed by atoms with Gasteiger partial charge in [-0.1, -0.05) is 12.1 Å². The first-order valence-corrected chi connectivity index (χ1v) is 6.75. The maximum atomic E-state index is 8.97. The number of methoxy groups -OCH3 is 1. The van der Waals surface area contributed by atoms with Crippen LogP contribution in [0.15, 0.2) is 48.9 Å². The van der Waals surface area contributed by atoms with Gasteiger partial charge in [-0.25, -0.2) is 15.0 Å². The van der Waals surface area contributed by atoms with Crippen molar-refractivity contribution in [2.45, 2.75) is 0 Å². The molecule has 0 atom stereocenters. The Morgan fingerprint density at radius 2 is 2.04 bits per heavy atom. The molecule has 0 saturated carbocycles. The fourth-order valence-corrected chi connectivity index (χ4v) is 1.95. The lowest BCUT2D eigenvalue weighted by Gasteiger charge is -2.07. The molecule has 0 spiro atoms. The number of ether oxygens (including phenoxy) is 1. The molecule has 0 radical (unpaired) electrons. The lowest BCUT2D eigenvalue weighted by molar-refractivity contribution is 0.398. The number of nitrogens with one attached hydrogen (secondary N) is 1. The number of hydrogen-bond acceptors (Lipinski definition) is 7. The Morgan fingerprint density at radius 1 is 1.13 bits per heavy atom. The summed E-state index contributed by atoms with van der Waals surface area (Å²) in [6, 6.07) is 12.7. The average molecular weight is 304 g/mol. The summed E-state index contributed by atoms with van der Waals surface area (Å²) in [4.78, 5) is 16.7. The van der Waals surface area contributed by atoms with Gasteiger partial charge in [-0.05, 0) is 18.2 Å². The minimum Gasteiger partial charge on any atom is -0.481 e. The molecule has 7 heteroatoms. The van der Waals surface area contributed by atoms with E-state index in [-0.39, 0.29) is 0 Å². The van der Waals surface area contributed by atoms with Gasteiger partial charge >= 0.3 is 0 Å². The summed E-state index contributed by atoms with van der Waals surface area (Å²) in [7, 11) is 1.55. The fraction of sp³-hybridized carbons (Fsp3) is 0.0625. The van der Waals surface area contributed by atoms with Crippen LogP contribution in [0.25, 0.3) is 11.4 Å². The topological polar surface area (TPSA) is 96.6 Å². The van der Waals surface area contributed by atoms with Crippen LogP contribution in [-0.2, 0) is 0 Å². The number of benzene rings is 1. The SMILES string of the molecule is COc1cc(Nc2ncnc(-c3cccc(C#N)c3)n2)ccn1. The van der Waals surface area contributed by atoms with Crippen LogP contribution >= 0.6 is 0 Å². The first-order chi connectivity index (χ1) is 11.3. The molecule has 2 heterocycles. The monoisotopic (exact) mass is 304 g/mol. The van der Waals surface area contributed by atoms with E-state index in [0.29, 0.717) is 23.2 Å². The van der Waals surface area contributed by atoms with Crippen LogP contribution in [0.3, 0.4) is 0 Å². The maximum absolute atomic E-state index is 8.97. The van der Waals surface area contributed by atoms with Crippen LogP contribution in [0.5, 0.6) is 5.88 Å². The van der Waals surface area contributed by atoms with Gasteiger partial charge in [0.1, 0.15) is 6.33 Å². The third kappa shape index (κ3) is 3.39. The highest BCUT2D eigenvalue weighted by molar-refractivity contribution is 5.60. The van der Waals surface area contributed by atoms with E-state index >= 15 is 0 Å². The molecule has 0 aliphatic carbocycles. The van der Waals surface area contributed by atoms with Crippen molar-refractivity contribution in [2.75, 3.05) is 12.4 Å². The largest absolute Gasteiger partial charge is 0.481 e. The summed E-state index contributed by atoms with van der Waals surface area (Å²) in [6.45, 7) is 0. The minimum atomic E-state index is 0.394. The van der Waals surface area contributed by atoms with Gasteiger partial charge in [0.25, 0.3) is 0 Å². The highest BCUT2D eigenvalue weighted by Gasteiger charge is 2.06. The summed E-state index contributed by atoms with van der Waals surface area (Å²) in [5.74, 6) is 1.37. The van der Waals surface area contributed by atoms with Gasteiger partial charge in [0, 0.05) is 23.5 Å². The Bertz CT molecular complexity index is 874. The van der Waals surface area contributed by atoms with E-state index in [1.54, 1.807) is 43.6 Å². The van der Waals surface area contributed by atoms with Gasteiger partial charge in [-0.2, -0.15) is 10.2 Å². The molecule has 1 aromatic carbocycles. The first kappa shape index (κ1) is 14.4. The Labute approximate surface area is 132 Å². The van der Waals surface area contributed by atoms with E-state index in [0.717, 1.165) is 11.3 Å². The van der Waals surface area contributed by atoms with E-state index in [2.05, 4.69) is 31.3 Å². The highest BCUT2D eigenvalue weighted by Crippen LogP contribution is 2.20. The third-order valence-corrected chi connectivity index (χ3v) is 3.02. The smallest absolute Gasteiger partial charge is 0.230 e. The quantitative estimate of drug-likeness (QED) is 0.791. The molecule has 3 rings (SSSR count). The van der Waals surface area contributed by atoms with Crippen LogP contribution < -0.4 is 10.1 Å². The molecule has 0 bridgehead atoms. The molecule has 0 amide bonds. The molecular weight excluding hydrogens is 292 g/mol. The molecule has 0 fully saturated rings. The number of nitrogens with zero attached hydrogens (tertiary/aromatic N) is 5. The van der Waals surface area contributed by atoms with Gasteiger partial charge in [-0.3, -0.25) is 0 Å². The molecule has 1 N–H and O–H groups in total. The normalized spacial score (nSPS) is 9.91. The summed E-state index contributed by atoms with van der Waals surface area (Å²) < 4.78 is 5.08. The van der Waals surface area contributed by atoms with E-state index < -0.39 is 0 Å². The second-order valence-corrected chi connectivity index (χ2v) is 4.54. The molecule has 2 aromatic heterocycles. The standard InChI is InChI=1S/C16H12N6O/c1-23-14-8-13(5-6-18-14)21-16-20-10-19-15(22-16)12-4-2-3-11(7-12)9-17/h2-8,10H,1H3,(H,18,19,20,21,22). The van der Waals surface area contributed by atoms with E-state index in [4.69, 9.17) is 10.00 Å². The van der Waals surface area contributed by atoms with E-state index in [9.17, 15) is 0 Å². The van der Waals surface area contributed by atoms with Crippen LogP contribution in [0.1, 0.15) is 5.56 Å². The Kier molecular flexibility index (Phi) is 4.07. The van der Waals surface area contributed by atoms with Crippen molar-refractivity contribution in [3.05, 3.63) is 54.5 Å². The molecule has 112 valence electrons. The van der Waals surface area contributed by atoms with Crippen molar-refractivity contribution in [2.24, 2.45) is 0 Å². The Hall–Kier alpha value is -3.53. The van der Waals surface area contributed by atoms with Crippen molar-refractivity contribution in [3.63, 3.8) is 0 Å². The lowest BCUT2D eigenvalue weighted by Crippen LogP contribution is -2.00. The predicted octanol–water partition coefficient (Wildman–Crippen LogP) is 2.56. The molecule has 0 aliphatic heterocycles. The second-order valence-electron chi connectivity index (χ2n) is 4.54. The summed E-state index contributed by atoms with van der Waals surface area (Å²) in [6.07, 6.45) is 3.04. The van der Waals surface area contributed by atoms with Crippen LogP contribution in [0.4, 0.5) is 11.6 Å². The summed E-state index contributed by atoms with van der Waals surface area (Å²) in [5.41, 5.74) is 2.05. The molecule has 0 aliphatic rings. The van der Waals surface area contributed by atoms with Crippen LogP contribution in [-0.4, -0.2) is 27.0 Å². The van der Waals surface area contributed by atoms with Gasteiger partial charge in [0.2, 0.25) is 11.8 Å². The van der Waals surface area contributed by atoms with Crippen molar-refractivity contribution in [1.82, 2.24) is 19.9 Å². The van der Waals surface area contributed by atoms with Crippen molar-refractivity contribution in [3.8, 4) is 23.3 Å². The van der Waals surface area contributed by atoms with Crippen molar-refractivity contribution in [1.29, 1.82) is 5.26 Å². The molecular formula is C16H12N6O. The van der Waals surface area contributed by atoms with Crippen LogP contribution in [0.2, 0.25) is 0 Å². The maximum Gasteiger partial charge on any atom is 0.230 e. The van der Waals surface area contributed by atoms with E-state index in [1.807, 2.05) is 6.07 Å². The van der Waals surface area contributed by atoms with Gasteiger partial charge in [0.15, 0.2) is 5.82 Å². The zero-order valence-electron chi connectivity index (χ0n) is 12.3. The van der Waals surface area contributed by atoms with Gasteiger partial charge in [0.05, 0.1) is 18.7 Å². The van der Waals surface area contributed by atoms with E-state index in [1.165, 1.54) is 6.33 Å². The highest BCUT2D eigenvalue weighted by atomic mass is 16.5. The van der Waals surface area contributed by atoms with Gasteiger partial charge in [-0.15, -0.1) is 0 Å². The van der Waals surface area contributed by atoms with Crippen LogP contribution in [0, 0.1) is 11.3 Å². The second kappa shape index (κ2) is 6.49. The Balaban J connectivity index is 1.89. The number of aromatic nitrogens is 4.